The first-order valence-electron chi connectivity index (χ1n) is 13.9. The molecule has 8 N–H and O–H groups in total. The number of allylic oxidation sites excluding steroid dienone is 2. The molecule has 8 nitrogen and oxygen atoms in total. The molecule has 3 aliphatic heterocycles. The van der Waals surface area contributed by atoms with Gasteiger partial charge in [0.15, 0.2) is 0 Å². The molecule has 4 rings (SSSR count). The number of rotatable bonds is 13. The number of hydrogen-bond donors (Lipinski definition) is 7. The molecule has 0 aromatic heterocycles. The van der Waals surface area contributed by atoms with Crippen LogP contribution in [-0.4, -0.2) is 61.7 Å². The summed E-state index contributed by atoms with van der Waals surface area (Å²) < 4.78 is 13.7. The van der Waals surface area contributed by atoms with Crippen LogP contribution in [-0.2, 0) is 0 Å². The Morgan fingerprint density at radius 3 is 2.97 bits per heavy atom. The van der Waals surface area contributed by atoms with E-state index in [2.05, 4.69) is 39.6 Å². The van der Waals surface area contributed by atoms with E-state index in [1.807, 2.05) is 35.4 Å². The smallest absolute Gasteiger partial charge is 0.123 e. The van der Waals surface area contributed by atoms with Crippen molar-refractivity contribution in [2.45, 2.75) is 56.9 Å². The fraction of sp³-hybridized carbons (Fsp3) is 0.483. The van der Waals surface area contributed by atoms with Gasteiger partial charge in [0.05, 0.1) is 17.4 Å². The number of likely N-dealkylation sites (tertiary alicyclic amines) is 1. The van der Waals surface area contributed by atoms with E-state index in [-0.39, 0.29) is 18.0 Å². The van der Waals surface area contributed by atoms with E-state index in [1.165, 1.54) is 6.07 Å². The van der Waals surface area contributed by atoms with Gasteiger partial charge in [0.25, 0.3) is 0 Å². The van der Waals surface area contributed by atoms with Crippen molar-refractivity contribution >= 4 is 5.84 Å². The van der Waals surface area contributed by atoms with E-state index in [0.29, 0.717) is 23.6 Å². The van der Waals surface area contributed by atoms with Gasteiger partial charge >= 0.3 is 0 Å². The Kier molecular flexibility index (Phi) is 10.4. The number of amidine groups is 1. The summed E-state index contributed by atoms with van der Waals surface area (Å²) in [5, 5.41) is 25.6. The van der Waals surface area contributed by atoms with E-state index in [1.54, 1.807) is 18.2 Å². The summed E-state index contributed by atoms with van der Waals surface area (Å²) in [6.07, 6.45) is 15.7. The molecule has 3 atom stereocenters. The Bertz CT molecular complexity index is 1040. The minimum atomic E-state index is -0.235. The molecule has 1 aromatic rings. The molecule has 3 aliphatic rings. The topological polar surface area (TPSA) is 113 Å². The van der Waals surface area contributed by atoms with Crippen molar-refractivity contribution < 1.29 is 4.39 Å². The highest BCUT2D eigenvalue weighted by atomic mass is 19.1. The quantitative estimate of drug-likeness (QED) is 0.0923. The minimum absolute atomic E-state index is 0.0359. The number of halogens is 1. The lowest BCUT2D eigenvalue weighted by Crippen LogP contribution is -2.55. The second kappa shape index (κ2) is 14.1. The van der Waals surface area contributed by atoms with Crippen LogP contribution in [0.3, 0.4) is 0 Å². The summed E-state index contributed by atoms with van der Waals surface area (Å²) in [4.78, 5) is 2.04. The van der Waals surface area contributed by atoms with Gasteiger partial charge in [-0.15, -0.1) is 0 Å². The average Bonchev–Trinajstić information content (AvgIpc) is 3.56. The van der Waals surface area contributed by atoms with Gasteiger partial charge in [0.1, 0.15) is 17.8 Å². The highest BCUT2D eigenvalue weighted by molar-refractivity contribution is 5.90. The molecule has 1 aromatic carbocycles. The summed E-state index contributed by atoms with van der Waals surface area (Å²) in [6, 6.07) is 7.69. The molecule has 3 heterocycles. The first-order valence-corrected chi connectivity index (χ1v) is 13.9. The number of hydrogen-bond acceptors (Lipinski definition) is 7. The predicted molar refractivity (Wildman–Crippen MR) is 153 cm³/mol. The molecule has 0 bridgehead atoms. The third-order valence-corrected chi connectivity index (χ3v) is 7.26. The molecule has 9 heteroatoms. The normalized spacial score (nSPS) is 22.9. The molecule has 206 valence electrons. The molecule has 3 unspecified atom stereocenters. The summed E-state index contributed by atoms with van der Waals surface area (Å²) in [5.41, 5.74) is 8.73. The number of likely N-dealkylation sites (N-methyl/N-ethyl adjacent to an activating group) is 1. The Labute approximate surface area is 226 Å². The zero-order valence-electron chi connectivity index (χ0n) is 22.3. The highest BCUT2D eigenvalue weighted by Gasteiger charge is 2.27. The molecule has 38 heavy (non-hydrogen) atoms. The maximum absolute atomic E-state index is 13.7. The van der Waals surface area contributed by atoms with Gasteiger partial charge in [-0.1, -0.05) is 31.2 Å². The van der Waals surface area contributed by atoms with E-state index in [4.69, 9.17) is 11.1 Å². The van der Waals surface area contributed by atoms with Crippen molar-refractivity contribution in [3.63, 3.8) is 0 Å². The Morgan fingerprint density at radius 1 is 1.34 bits per heavy atom. The van der Waals surface area contributed by atoms with Crippen molar-refractivity contribution in [1.29, 1.82) is 5.41 Å². The third kappa shape index (κ3) is 7.93. The van der Waals surface area contributed by atoms with Gasteiger partial charge in [0.2, 0.25) is 0 Å². The molecule has 0 radical (unpaired) electrons. The Hall–Kier alpha value is -3.14. The molecule has 0 saturated carbocycles. The maximum Gasteiger partial charge on any atom is 0.123 e. The average molecular weight is 523 g/mol. The third-order valence-electron chi connectivity index (χ3n) is 7.26. The van der Waals surface area contributed by atoms with Gasteiger partial charge in [0, 0.05) is 37.9 Å². The molecule has 0 spiro atoms. The van der Waals surface area contributed by atoms with E-state index in [0.717, 1.165) is 69.7 Å². The Morgan fingerprint density at radius 2 is 2.21 bits per heavy atom. The highest BCUT2D eigenvalue weighted by Crippen LogP contribution is 2.32. The lowest BCUT2D eigenvalue weighted by atomic mass is 10.0. The molecule has 0 aliphatic carbocycles. The fourth-order valence-electron chi connectivity index (χ4n) is 5.07. The van der Waals surface area contributed by atoms with Gasteiger partial charge in [-0.25, -0.2) is 4.39 Å². The van der Waals surface area contributed by atoms with Gasteiger partial charge in [-0.3, -0.25) is 5.41 Å². The number of benzene rings is 1. The fourth-order valence-corrected chi connectivity index (χ4v) is 5.07. The maximum atomic E-state index is 13.7. The molecular formula is C29H43FN8. The van der Waals surface area contributed by atoms with Crippen LogP contribution in [0.2, 0.25) is 0 Å². The predicted octanol–water partition coefficient (Wildman–Crippen LogP) is 2.57. The molecular weight excluding hydrogens is 479 g/mol. The van der Waals surface area contributed by atoms with Crippen LogP contribution in [0.4, 0.5) is 4.39 Å². The largest absolute Gasteiger partial charge is 0.397 e. The number of nitrogens with zero attached hydrogens (tertiary/aromatic N) is 1. The van der Waals surface area contributed by atoms with E-state index in [9.17, 15) is 4.39 Å². The van der Waals surface area contributed by atoms with Crippen LogP contribution < -0.4 is 32.3 Å². The minimum Gasteiger partial charge on any atom is -0.397 e. The van der Waals surface area contributed by atoms with Crippen molar-refractivity contribution in [2.24, 2.45) is 5.73 Å². The first-order chi connectivity index (χ1) is 18.5. The van der Waals surface area contributed by atoms with Gasteiger partial charge in [-0.2, -0.15) is 0 Å². The van der Waals surface area contributed by atoms with Crippen LogP contribution in [0.25, 0.3) is 0 Å². The van der Waals surface area contributed by atoms with Crippen molar-refractivity contribution in [3.8, 4) is 0 Å². The van der Waals surface area contributed by atoms with E-state index < -0.39 is 0 Å². The lowest BCUT2D eigenvalue weighted by Gasteiger charge is -2.28. The van der Waals surface area contributed by atoms with Crippen molar-refractivity contribution in [2.75, 3.05) is 32.7 Å². The first kappa shape index (κ1) is 27.9. The van der Waals surface area contributed by atoms with Gasteiger partial charge < -0.3 is 37.2 Å². The van der Waals surface area contributed by atoms with Crippen LogP contribution in [0.5, 0.6) is 0 Å². The van der Waals surface area contributed by atoms with E-state index >= 15 is 0 Å². The molecule has 0 amide bonds. The van der Waals surface area contributed by atoms with Crippen molar-refractivity contribution in [3.05, 3.63) is 83.6 Å². The number of nitrogens with two attached hydrogens (primary N) is 1. The lowest BCUT2D eigenvalue weighted by molar-refractivity contribution is 0.361. The monoisotopic (exact) mass is 522 g/mol. The second-order valence-electron chi connectivity index (χ2n) is 10.1. The number of nitrogens with one attached hydrogen (secondary N) is 6. The standard InChI is InChI=1S/C29H43FN8/c1-2-34-23(10-5-15-35-24-18-33-19-24)9-4-11-25(31)26-20-36-29(37-26)14-13-28(32)38-16-6-12-27(38)21-7-3-8-22(30)17-21/h3-4,7-9,11,13-14,17,20,23-24,27,29,32-37H,2,5-6,10,12,15-16,18-19,31H2,1H3/b9-4-,14-13-,25-11-,32-28?. The summed E-state index contributed by atoms with van der Waals surface area (Å²) in [5.74, 6) is 0.191. The Balaban J connectivity index is 1.23. The summed E-state index contributed by atoms with van der Waals surface area (Å²) in [7, 11) is 0. The molecule has 2 fully saturated rings. The van der Waals surface area contributed by atoms with Crippen LogP contribution in [0.1, 0.15) is 44.2 Å². The van der Waals surface area contributed by atoms with Crippen molar-refractivity contribution in [1.82, 2.24) is 31.5 Å². The second-order valence-corrected chi connectivity index (χ2v) is 10.1. The van der Waals surface area contributed by atoms with Crippen LogP contribution in [0, 0.1) is 11.2 Å². The van der Waals surface area contributed by atoms with Crippen LogP contribution >= 0.6 is 0 Å². The summed E-state index contributed by atoms with van der Waals surface area (Å²) in [6.45, 7) is 7.04. The zero-order chi connectivity index (χ0) is 26.7. The van der Waals surface area contributed by atoms with Gasteiger partial charge in [-0.05, 0) is 74.7 Å². The zero-order valence-corrected chi connectivity index (χ0v) is 22.3. The SMILES string of the molecule is CCNC(/C=C\C=C(/N)C1=CNC(/C=C\C(=N)N2CCCC2c2cccc(F)c2)N1)CCCNC1CNC1. The summed E-state index contributed by atoms with van der Waals surface area (Å²) >= 11 is 0. The molecule has 2 saturated heterocycles. The van der Waals surface area contributed by atoms with Crippen LogP contribution in [0.15, 0.2) is 72.2 Å².